The lowest BCUT2D eigenvalue weighted by molar-refractivity contribution is 0.417. The second-order valence-electron chi connectivity index (χ2n) is 3.97. The Balaban J connectivity index is 2.36. The topological polar surface area (TPSA) is 38.5 Å². The van der Waals surface area contributed by atoms with E-state index in [-0.39, 0.29) is 5.82 Å². The lowest BCUT2D eigenvalue weighted by Crippen LogP contribution is -2.10. The van der Waals surface area contributed by atoms with Crippen LogP contribution >= 0.6 is 0 Å². The molecule has 18 heavy (non-hydrogen) atoms. The SMILES string of the molecule is COc1cc(N(C)c2cccc(F)c2)ccc1N. The third-order valence-corrected chi connectivity index (χ3v) is 2.80. The molecule has 2 aromatic rings. The summed E-state index contributed by atoms with van der Waals surface area (Å²) in [6.07, 6.45) is 0. The van der Waals surface area contributed by atoms with Crippen molar-refractivity contribution in [2.75, 3.05) is 24.8 Å². The maximum atomic E-state index is 13.2. The zero-order valence-electron chi connectivity index (χ0n) is 10.4. The number of hydrogen-bond donors (Lipinski definition) is 1. The van der Waals surface area contributed by atoms with Gasteiger partial charge in [-0.3, -0.25) is 0 Å². The van der Waals surface area contributed by atoms with Crippen LogP contribution in [-0.4, -0.2) is 14.2 Å². The minimum atomic E-state index is -0.262. The van der Waals surface area contributed by atoms with Crippen LogP contribution in [0, 0.1) is 5.82 Å². The summed E-state index contributed by atoms with van der Waals surface area (Å²) in [5.41, 5.74) is 7.98. The molecule has 0 aliphatic carbocycles. The molecule has 0 amide bonds. The molecular weight excluding hydrogens is 231 g/mol. The lowest BCUT2D eigenvalue weighted by Gasteiger charge is -2.20. The fraction of sp³-hybridized carbons (Fsp3) is 0.143. The predicted molar refractivity (Wildman–Crippen MR) is 71.9 cm³/mol. The van der Waals surface area contributed by atoms with Gasteiger partial charge in [0.05, 0.1) is 12.8 Å². The molecule has 0 radical (unpaired) electrons. The van der Waals surface area contributed by atoms with Crippen molar-refractivity contribution >= 4 is 17.1 Å². The summed E-state index contributed by atoms with van der Waals surface area (Å²) in [6.45, 7) is 0. The zero-order chi connectivity index (χ0) is 13.1. The fourth-order valence-corrected chi connectivity index (χ4v) is 1.74. The second-order valence-corrected chi connectivity index (χ2v) is 3.97. The van der Waals surface area contributed by atoms with E-state index in [0.29, 0.717) is 11.4 Å². The number of nitrogens with zero attached hydrogens (tertiary/aromatic N) is 1. The van der Waals surface area contributed by atoms with Gasteiger partial charge in [0.1, 0.15) is 11.6 Å². The average molecular weight is 246 g/mol. The summed E-state index contributed by atoms with van der Waals surface area (Å²) >= 11 is 0. The standard InChI is InChI=1S/C14H15FN2O/c1-17(11-5-3-4-10(15)8-11)12-6-7-13(16)14(9-12)18-2/h3-9H,16H2,1-2H3. The molecule has 2 aromatic carbocycles. The largest absolute Gasteiger partial charge is 0.495 e. The minimum Gasteiger partial charge on any atom is -0.495 e. The number of rotatable bonds is 3. The highest BCUT2D eigenvalue weighted by Crippen LogP contribution is 2.30. The molecule has 0 bridgehead atoms. The maximum Gasteiger partial charge on any atom is 0.143 e. The van der Waals surface area contributed by atoms with Crippen LogP contribution in [-0.2, 0) is 0 Å². The van der Waals surface area contributed by atoms with Crippen molar-refractivity contribution in [3.8, 4) is 5.75 Å². The molecule has 94 valence electrons. The highest BCUT2D eigenvalue weighted by Gasteiger charge is 2.07. The highest BCUT2D eigenvalue weighted by atomic mass is 19.1. The Hall–Kier alpha value is -2.23. The number of benzene rings is 2. The molecule has 0 aromatic heterocycles. The van der Waals surface area contributed by atoms with E-state index in [1.54, 1.807) is 19.2 Å². The number of nitrogens with two attached hydrogens (primary N) is 1. The Labute approximate surface area is 106 Å². The van der Waals surface area contributed by atoms with Crippen molar-refractivity contribution in [2.24, 2.45) is 0 Å². The normalized spacial score (nSPS) is 10.2. The van der Waals surface area contributed by atoms with Crippen LogP contribution in [0.4, 0.5) is 21.5 Å². The summed E-state index contributed by atoms with van der Waals surface area (Å²) in [5, 5.41) is 0. The molecule has 0 fully saturated rings. The molecule has 0 spiro atoms. The van der Waals surface area contributed by atoms with Crippen molar-refractivity contribution in [1.82, 2.24) is 0 Å². The number of anilines is 3. The van der Waals surface area contributed by atoms with Crippen molar-refractivity contribution < 1.29 is 9.13 Å². The van der Waals surface area contributed by atoms with Crippen molar-refractivity contribution in [3.63, 3.8) is 0 Å². The van der Waals surface area contributed by atoms with Crippen molar-refractivity contribution in [3.05, 3.63) is 48.3 Å². The smallest absolute Gasteiger partial charge is 0.143 e. The molecule has 0 aliphatic heterocycles. The van der Waals surface area contributed by atoms with E-state index in [0.717, 1.165) is 11.4 Å². The van der Waals surface area contributed by atoms with Crippen molar-refractivity contribution in [2.45, 2.75) is 0 Å². The van der Waals surface area contributed by atoms with Gasteiger partial charge in [0.2, 0.25) is 0 Å². The molecule has 0 unspecified atom stereocenters. The molecule has 0 aliphatic rings. The van der Waals surface area contributed by atoms with E-state index in [1.807, 2.05) is 30.1 Å². The van der Waals surface area contributed by atoms with Gasteiger partial charge >= 0.3 is 0 Å². The van der Waals surface area contributed by atoms with Gasteiger partial charge < -0.3 is 15.4 Å². The quantitative estimate of drug-likeness (QED) is 0.845. The molecule has 0 saturated heterocycles. The Morgan fingerprint density at radius 3 is 2.50 bits per heavy atom. The van der Waals surface area contributed by atoms with Gasteiger partial charge in [-0.1, -0.05) is 6.07 Å². The van der Waals surface area contributed by atoms with Crippen LogP contribution in [0.5, 0.6) is 5.75 Å². The first-order valence-electron chi connectivity index (χ1n) is 5.54. The molecule has 2 rings (SSSR count). The molecule has 0 heterocycles. The van der Waals surface area contributed by atoms with Crippen LogP contribution in [0.2, 0.25) is 0 Å². The van der Waals surface area contributed by atoms with Crippen LogP contribution in [0.3, 0.4) is 0 Å². The monoisotopic (exact) mass is 246 g/mol. The van der Waals surface area contributed by atoms with E-state index < -0.39 is 0 Å². The molecular formula is C14H15FN2O. The van der Waals surface area contributed by atoms with E-state index in [1.165, 1.54) is 12.1 Å². The van der Waals surface area contributed by atoms with Crippen LogP contribution in [0.1, 0.15) is 0 Å². The first-order chi connectivity index (χ1) is 8.61. The summed E-state index contributed by atoms with van der Waals surface area (Å²) < 4.78 is 18.4. The van der Waals surface area contributed by atoms with Gasteiger partial charge in [0, 0.05) is 24.5 Å². The Morgan fingerprint density at radius 1 is 1.11 bits per heavy atom. The maximum absolute atomic E-state index is 13.2. The third-order valence-electron chi connectivity index (χ3n) is 2.80. The van der Waals surface area contributed by atoms with Gasteiger partial charge in [-0.25, -0.2) is 4.39 Å². The number of methoxy groups -OCH3 is 1. The van der Waals surface area contributed by atoms with Crippen LogP contribution in [0.15, 0.2) is 42.5 Å². The van der Waals surface area contributed by atoms with Gasteiger partial charge in [-0.05, 0) is 30.3 Å². The average Bonchev–Trinajstić information content (AvgIpc) is 2.38. The van der Waals surface area contributed by atoms with Gasteiger partial charge in [-0.2, -0.15) is 0 Å². The van der Waals surface area contributed by atoms with Gasteiger partial charge in [0.25, 0.3) is 0 Å². The Bertz CT molecular complexity index is 557. The summed E-state index contributed by atoms with van der Waals surface area (Å²) in [6, 6.07) is 11.9. The van der Waals surface area contributed by atoms with Gasteiger partial charge in [-0.15, -0.1) is 0 Å². The van der Waals surface area contributed by atoms with Crippen molar-refractivity contribution in [1.29, 1.82) is 0 Å². The predicted octanol–water partition coefficient (Wildman–Crippen LogP) is 3.18. The van der Waals surface area contributed by atoms with E-state index >= 15 is 0 Å². The fourth-order valence-electron chi connectivity index (χ4n) is 1.74. The number of halogens is 1. The number of ether oxygens (including phenoxy) is 1. The first kappa shape index (κ1) is 12.2. The zero-order valence-corrected chi connectivity index (χ0v) is 10.4. The third kappa shape index (κ3) is 2.37. The van der Waals surface area contributed by atoms with E-state index in [9.17, 15) is 4.39 Å². The van der Waals surface area contributed by atoms with Gasteiger partial charge in [0.15, 0.2) is 0 Å². The van der Waals surface area contributed by atoms with Crippen LogP contribution in [0.25, 0.3) is 0 Å². The molecule has 0 atom stereocenters. The lowest BCUT2D eigenvalue weighted by atomic mass is 10.2. The number of hydrogen-bond acceptors (Lipinski definition) is 3. The highest BCUT2D eigenvalue weighted by molar-refractivity contribution is 5.68. The second kappa shape index (κ2) is 4.96. The minimum absolute atomic E-state index is 0.262. The Kier molecular flexibility index (Phi) is 3.37. The molecule has 0 saturated carbocycles. The summed E-state index contributed by atoms with van der Waals surface area (Å²) in [4.78, 5) is 1.87. The van der Waals surface area contributed by atoms with Crippen LogP contribution < -0.4 is 15.4 Å². The molecule has 3 nitrogen and oxygen atoms in total. The summed E-state index contributed by atoms with van der Waals surface area (Å²) in [7, 11) is 3.43. The number of nitrogen functional groups attached to an aromatic ring is 1. The van der Waals surface area contributed by atoms with E-state index in [4.69, 9.17) is 10.5 Å². The first-order valence-corrected chi connectivity index (χ1v) is 5.54. The Morgan fingerprint density at radius 2 is 1.83 bits per heavy atom. The molecule has 4 heteroatoms. The molecule has 2 N–H and O–H groups in total. The summed E-state index contributed by atoms with van der Waals surface area (Å²) in [5.74, 6) is 0.345. The van der Waals surface area contributed by atoms with E-state index in [2.05, 4.69) is 0 Å².